The summed E-state index contributed by atoms with van der Waals surface area (Å²) in [6.45, 7) is 2.33. The molecule has 0 aliphatic carbocycles. The molecule has 0 bridgehead atoms. The zero-order chi connectivity index (χ0) is 14.8. The van der Waals surface area contributed by atoms with Gasteiger partial charge in [0, 0.05) is 19.3 Å². The van der Waals surface area contributed by atoms with Crippen LogP contribution in [0.3, 0.4) is 0 Å². The van der Waals surface area contributed by atoms with Gasteiger partial charge in [-0.2, -0.15) is 0 Å². The molecule has 1 N–H and O–H groups in total. The Labute approximate surface area is 118 Å². The first kappa shape index (κ1) is 14.8. The van der Waals surface area contributed by atoms with E-state index in [0.29, 0.717) is 24.3 Å². The number of benzene rings is 1. The van der Waals surface area contributed by atoms with Crippen LogP contribution in [0.1, 0.15) is 12.0 Å². The Morgan fingerprint density at radius 1 is 1.45 bits per heavy atom. The van der Waals surface area contributed by atoms with Gasteiger partial charge in [0.25, 0.3) is 0 Å². The number of nitrogens with zero attached hydrogens (tertiary/aromatic N) is 1. The number of sulfonamides is 1. The normalized spacial score (nSPS) is 17.2. The van der Waals surface area contributed by atoms with Crippen LogP contribution in [-0.4, -0.2) is 40.3 Å². The van der Waals surface area contributed by atoms with Crippen LogP contribution in [0.15, 0.2) is 18.2 Å². The van der Waals surface area contributed by atoms with Gasteiger partial charge in [0.15, 0.2) is 0 Å². The van der Waals surface area contributed by atoms with Gasteiger partial charge in [-0.25, -0.2) is 8.42 Å². The van der Waals surface area contributed by atoms with Crippen LogP contribution in [0.2, 0.25) is 0 Å². The van der Waals surface area contributed by atoms with Crippen LogP contribution >= 0.6 is 0 Å². The molecule has 2 rings (SSSR count). The summed E-state index contributed by atoms with van der Waals surface area (Å²) in [5.74, 6) is -0.0459. The van der Waals surface area contributed by atoms with Crippen molar-refractivity contribution in [1.82, 2.24) is 0 Å². The van der Waals surface area contributed by atoms with Crippen molar-refractivity contribution in [3.05, 3.63) is 23.8 Å². The molecule has 6 nitrogen and oxygen atoms in total. The second-order valence-corrected chi connectivity index (χ2v) is 6.73. The fourth-order valence-electron chi connectivity index (χ4n) is 2.19. The summed E-state index contributed by atoms with van der Waals surface area (Å²) in [5, 5.41) is 2.72. The molecule has 1 aromatic carbocycles. The maximum absolute atomic E-state index is 11.9. The fourth-order valence-corrected chi connectivity index (χ4v) is 3.75. The molecule has 0 spiro atoms. The molecule has 20 heavy (non-hydrogen) atoms. The first-order chi connectivity index (χ1) is 9.44. The quantitative estimate of drug-likeness (QED) is 0.904. The van der Waals surface area contributed by atoms with Gasteiger partial charge < -0.3 is 10.1 Å². The lowest BCUT2D eigenvalue weighted by Gasteiger charge is -2.18. The Kier molecular flexibility index (Phi) is 4.29. The molecule has 7 heteroatoms. The zero-order valence-electron chi connectivity index (χ0n) is 11.5. The van der Waals surface area contributed by atoms with Crippen molar-refractivity contribution in [3.8, 4) is 0 Å². The summed E-state index contributed by atoms with van der Waals surface area (Å²) < 4.78 is 29.9. The number of hydrogen-bond donors (Lipinski definition) is 1. The molecule has 1 saturated heterocycles. The summed E-state index contributed by atoms with van der Waals surface area (Å²) >= 11 is 0. The lowest BCUT2D eigenvalue weighted by Crippen LogP contribution is -2.25. The Bertz CT molecular complexity index is 613. The van der Waals surface area contributed by atoms with Crippen molar-refractivity contribution >= 4 is 27.3 Å². The predicted molar refractivity (Wildman–Crippen MR) is 77.4 cm³/mol. The molecule has 1 fully saturated rings. The number of ether oxygens (including phenoxy) is 1. The maximum atomic E-state index is 11.9. The highest BCUT2D eigenvalue weighted by Gasteiger charge is 2.28. The first-order valence-corrected chi connectivity index (χ1v) is 7.95. The number of aryl methyl sites for hydroxylation is 1. The van der Waals surface area contributed by atoms with Gasteiger partial charge in [-0.3, -0.25) is 9.10 Å². The van der Waals surface area contributed by atoms with Crippen LogP contribution < -0.4 is 9.62 Å². The van der Waals surface area contributed by atoms with Crippen molar-refractivity contribution in [2.45, 2.75) is 13.3 Å². The average Bonchev–Trinajstić information content (AvgIpc) is 2.72. The predicted octanol–water partition coefficient (Wildman–Crippen LogP) is 1.12. The van der Waals surface area contributed by atoms with E-state index in [1.54, 1.807) is 18.2 Å². The molecular weight excluding hydrogens is 280 g/mol. The minimum atomic E-state index is -3.18. The van der Waals surface area contributed by atoms with E-state index in [1.165, 1.54) is 11.4 Å². The lowest BCUT2D eigenvalue weighted by atomic mass is 10.1. The SMILES string of the molecule is COCC(=O)Nc1ccc(N2CCCS2(=O)=O)cc1C. The van der Waals surface area contributed by atoms with E-state index >= 15 is 0 Å². The molecule has 1 heterocycles. The van der Waals surface area contributed by atoms with Crippen molar-refractivity contribution < 1.29 is 17.9 Å². The number of rotatable bonds is 4. The van der Waals surface area contributed by atoms with Gasteiger partial charge in [0.2, 0.25) is 15.9 Å². The third kappa shape index (κ3) is 3.10. The molecule has 1 aromatic rings. The van der Waals surface area contributed by atoms with Crippen LogP contribution in [0.5, 0.6) is 0 Å². The Hall–Kier alpha value is -1.60. The van der Waals surface area contributed by atoms with Crippen LogP contribution in [0, 0.1) is 6.92 Å². The third-order valence-electron chi connectivity index (χ3n) is 3.15. The zero-order valence-corrected chi connectivity index (χ0v) is 12.4. The number of carbonyl (C=O) groups excluding carboxylic acids is 1. The molecule has 1 aliphatic heterocycles. The summed E-state index contributed by atoms with van der Waals surface area (Å²) in [5.41, 5.74) is 2.12. The minimum absolute atomic E-state index is 0.0122. The summed E-state index contributed by atoms with van der Waals surface area (Å²) in [6, 6.07) is 5.19. The van der Waals surface area contributed by atoms with E-state index in [4.69, 9.17) is 4.74 Å². The number of anilines is 2. The van der Waals surface area contributed by atoms with Crippen molar-refractivity contribution in [2.75, 3.05) is 35.6 Å². The van der Waals surface area contributed by atoms with Crippen molar-refractivity contribution in [3.63, 3.8) is 0 Å². The monoisotopic (exact) mass is 298 g/mol. The van der Waals surface area contributed by atoms with E-state index in [-0.39, 0.29) is 18.3 Å². The highest BCUT2D eigenvalue weighted by molar-refractivity contribution is 7.93. The molecule has 0 atom stereocenters. The molecule has 0 saturated carbocycles. The summed E-state index contributed by atoms with van der Waals surface area (Å²) in [7, 11) is -1.72. The molecule has 0 aromatic heterocycles. The molecule has 1 amide bonds. The average molecular weight is 298 g/mol. The molecule has 0 radical (unpaired) electrons. The maximum Gasteiger partial charge on any atom is 0.250 e. The number of amides is 1. The molecular formula is C13H18N2O4S. The second-order valence-electron chi connectivity index (χ2n) is 4.72. The van der Waals surface area contributed by atoms with E-state index in [9.17, 15) is 13.2 Å². The van der Waals surface area contributed by atoms with Crippen LogP contribution in [0.4, 0.5) is 11.4 Å². The van der Waals surface area contributed by atoms with Gasteiger partial charge in [-0.05, 0) is 37.1 Å². The number of carbonyl (C=O) groups is 1. The highest BCUT2D eigenvalue weighted by Crippen LogP contribution is 2.27. The number of hydrogen-bond acceptors (Lipinski definition) is 4. The molecule has 1 aliphatic rings. The summed E-state index contributed by atoms with van der Waals surface area (Å²) in [6.07, 6.45) is 0.647. The van der Waals surface area contributed by atoms with Gasteiger partial charge in [0.05, 0.1) is 11.4 Å². The summed E-state index contributed by atoms with van der Waals surface area (Å²) in [4.78, 5) is 11.5. The minimum Gasteiger partial charge on any atom is -0.375 e. The van der Waals surface area contributed by atoms with E-state index in [0.717, 1.165) is 5.56 Å². The topological polar surface area (TPSA) is 75.7 Å². The van der Waals surface area contributed by atoms with Gasteiger partial charge in [-0.1, -0.05) is 0 Å². The number of nitrogens with one attached hydrogen (secondary N) is 1. The van der Waals surface area contributed by atoms with Crippen LogP contribution in [-0.2, 0) is 19.6 Å². The van der Waals surface area contributed by atoms with Crippen molar-refractivity contribution in [1.29, 1.82) is 0 Å². The van der Waals surface area contributed by atoms with Gasteiger partial charge in [0.1, 0.15) is 6.61 Å². The third-order valence-corrected chi connectivity index (χ3v) is 5.02. The highest BCUT2D eigenvalue weighted by atomic mass is 32.2. The Morgan fingerprint density at radius 2 is 2.20 bits per heavy atom. The van der Waals surface area contributed by atoms with E-state index in [2.05, 4.69) is 5.32 Å². The van der Waals surface area contributed by atoms with Gasteiger partial charge >= 0.3 is 0 Å². The van der Waals surface area contributed by atoms with E-state index < -0.39 is 10.0 Å². The largest absolute Gasteiger partial charge is 0.375 e. The fraction of sp³-hybridized carbons (Fsp3) is 0.462. The molecule has 110 valence electrons. The second kappa shape index (κ2) is 5.80. The molecule has 0 unspecified atom stereocenters. The van der Waals surface area contributed by atoms with Crippen LogP contribution in [0.25, 0.3) is 0 Å². The van der Waals surface area contributed by atoms with E-state index in [1.807, 2.05) is 6.92 Å². The number of methoxy groups -OCH3 is 1. The first-order valence-electron chi connectivity index (χ1n) is 6.34. The lowest BCUT2D eigenvalue weighted by molar-refractivity contribution is -0.119. The van der Waals surface area contributed by atoms with Crippen molar-refractivity contribution in [2.24, 2.45) is 0 Å². The Morgan fingerprint density at radius 3 is 2.75 bits per heavy atom. The Balaban J connectivity index is 2.20. The smallest absolute Gasteiger partial charge is 0.250 e. The van der Waals surface area contributed by atoms with Gasteiger partial charge in [-0.15, -0.1) is 0 Å². The standard InChI is InChI=1S/C13H18N2O4S/c1-10-8-11(15-6-3-7-20(15,17)18)4-5-12(10)14-13(16)9-19-2/h4-5,8H,3,6-7,9H2,1-2H3,(H,14,16).